The van der Waals surface area contributed by atoms with Crippen molar-refractivity contribution >= 4 is 39.1 Å². The Kier molecular flexibility index (Phi) is 6.54. The molecule has 0 aliphatic heterocycles. The first-order valence-electron chi connectivity index (χ1n) is 6.92. The van der Waals surface area contributed by atoms with Crippen LogP contribution in [0.25, 0.3) is 0 Å². The van der Waals surface area contributed by atoms with Gasteiger partial charge in [0.2, 0.25) is 15.9 Å². The number of hydrogen-bond donors (Lipinski definition) is 2. The van der Waals surface area contributed by atoms with Gasteiger partial charge in [-0.1, -0.05) is 29.3 Å². The molecule has 3 N–H and O–H groups in total. The Morgan fingerprint density at radius 3 is 2.44 bits per heavy atom. The summed E-state index contributed by atoms with van der Waals surface area (Å²) in [6.07, 6.45) is 2.47. The van der Waals surface area contributed by atoms with Crippen molar-refractivity contribution in [1.29, 1.82) is 0 Å². The molecule has 0 unspecified atom stereocenters. The lowest BCUT2D eigenvalue weighted by Gasteiger charge is -2.09. The number of nitrogens with one attached hydrogen (secondary N) is 1. The van der Waals surface area contributed by atoms with E-state index in [1.807, 2.05) is 0 Å². The van der Waals surface area contributed by atoms with E-state index in [0.717, 1.165) is 0 Å². The lowest BCUT2D eigenvalue weighted by atomic mass is 10.2. The Morgan fingerprint density at radius 1 is 1.20 bits per heavy atom. The van der Waals surface area contributed by atoms with Crippen molar-refractivity contribution in [2.45, 2.75) is 6.61 Å². The quantitative estimate of drug-likeness (QED) is 0.717. The lowest BCUT2D eigenvalue weighted by Crippen LogP contribution is -2.32. The average Bonchev–Trinajstić information content (AvgIpc) is 2.53. The molecule has 0 fully saturated rings. The molecule has 1 aromatic carbocycles. The highest BCUT2D eigenvalue weighted by molar-refractivity contribution is 7.89. The van der Waals surface area contributed by atoms with Crippen LogP contribution >= 0.6 is 23.2 Å². The second-order valence-electron chi connectivity index (χ2n) is 4.85. The standard InChI is InChI=1S/C14H14Cl2N4O4S/c15-10-2-1-3-11(16)9(10)8-24-13-7-19-12(6-20-13)14(21)18-4-5-25(17,22)23/h1-3,6-7H,4-5,8H2,(H,18,21)(H2,17,22,23). The zero-order valence-electron chi connectivity index (χ0n) is 12.8. The molecule has 0 radical (unpaired) electrons. The highest BCUT2D eigenvalue weighted by atomic mass is 35.5. The minimum absolute atomic E-state index is 0.0116. The molecule has 8 nitrogen and oxygen atoms in total. The number of benzene rings is 1. The molecule has 0 spiro atoms. The fourth-order valence-corrected chi connectivity index (χ4v) is 2.61. The first kappa shape index (κ1) is 19.4. The van der Waals surface area contributed by atoms with Gasteiger partial charge in [-0.2, -0.15) is 0 Å². The highest BCUT2D eigenvalue weighted by Gasteiger charge is 2.11. The summed E-state index contributed by atoms with van der Waals surface area (Å²) in [7, 11) is -3.64. The van der Waals surface area contributed by atoms with Crippen LogP contribution in [0, 0.1) is 0 Å². The minimum atomic E-state index is -3.64. The van der Waals surface area contributed by atoms with Crippen molar-refractivity contribution in [3.05, 3.63) is 51.9 Å². The van der Waals surface area contributed by atoms with Crippen LogP contribution in [0.2, 0.25) is 10.0 Å². The van der Waals surface area contributed by atoms with Gasteiger partial charge in [-0.05, 0) is 12.1 Å². The minimum Gasteiger partial charge on any atom is -0.472 e. The fraction of sp³-hybridized carbons (Fsp3) is 0.214. The number of hydrogen-bond acceptors (Lipinski definition) is 6. The summed E-state index contributed by atoms with van der Waals surface area (Å²) in [5.74, 6) is -0.764. The maximum Gasteiger partial charge on any atom is 0.271 e. The molecule has 25 heavy (non-hydrogen) atoms. The number of sulfonamides is 1. The van der Waals surface area contributed by atoms with Crippen LogP contribution in [0.3, 0.4) is 0 Å². The summed E-state index contributed by atoms with van der Waals surface area (Å²) in [6, 6.07) is 5.09. The Balaban J connectivity index is 1.92. The summed E-state index contributed by atoms with van der Waals surface area (Å²) in [4.78, 5) is 19.6. The second-order valence-corrected chi connectivity index (χ2v) is 7.40. The number of halogens is 2. The van der Waals surface area contributed by atoms with Gasteiger partial charge in [0.15, 0.2) is 0 Å². The predicted molar refractivity (Wildman–Crippen MR) is 93.1 cm³/mol. The molecular weight excluding hydrogens is 391 g/mol. The van der Waals surface area contributed by atoms with E-state index in [9.17, 15) is 13.2 Å². The molecular formula is C14H14Cl2N4O4S. The first-order chi connectivity index (χ1) is 11.8. The van der Waals surface area contributed by atoms with Crippen molar-refractivity contribution in [3.63, 3.8) is 0 Å². The number of carbonyl (C=O) groups is 1. The number of rotatable bonds is 7. The maximum absolute atomic E-state index is 11.8. The second kappa shape index (κ2) is 8.43. The van der Waals surface area contributed by atoms with Crippen LogP contribution in [0.1, 0.15) is 16.1 Å². The van der Waals surface area contributed by atoms with Crippen LogP contribution < -0.4 is 15.2 Å². The number of amides is 1. The molecule has 2 aromatic rings. The molecule has 0 saturated heterocycles. The van der Waals surface area contributed by atoms with Gasteiger partial charge < -0.3 is 10.1 Å². The summed E-state index contributed by atoms with van der Waals surface area (Å²) in [5.41, 5.74) is 0.620. The SMILES string of the molecule is NS(=O)(=O)CCNC(=O)c1cnc(OCc2c(Cl)cccc2Cl)cn1. The number of aromatic nitrogens is 2. The van der Waals surface area contributed by atoms with Crippen LogP contribution in [0.15, 0.2) is 30.6 Å². The van der Waals surface area contributed by atoms with E-state index < -0.39 is 15.9 Å². The summed E-state index contributed by atoms with van der Waals surface area (Å²) in [5, 5.41) is 8.14. The summed E-state index contributed by atoms with van der Waals surface area (Å²) in [6.45, 7) is -0.0321. The average molecular weight is 405 g/mol. The largest absolute Gasteiger partial charge is 0.472 e. The van der Waals surface area contributed by atoms with Gasteiger partial charge in [-0.25, -0.2) is 23.5 Å². The van der Waals surface area contributed by atoms with E-state index in [0.29, 0.717) is 15.6 Å². The molecule has 0 bridgehead atoms. The maximum atomic E-state index is 11.8. The third kappa shape index (κ3) is 6.13. The zero-order chi connectivity index (χ0) is 18.4. The van der Waals surface area contributed by atoms with Crippen molar-refractivity contribution in [3.8, 4) is 5.88 Å². The van der Waals surface area contributed by atoms with Crippen molar-refractivity contribution in [2.75, 3.05) is 12.3 Å². The molecule has 1 aromatic heterocycles. The highest BCUT2D eigenvalue weighted by Crippen LogP contribution is 2.25. The predicted octanol–water partition coefficient (Wildman–Crippen LogP) is 1.38. The van der Waals surface area contributed by atoms with E-state index >= 15 is 0 Å². The van der Waals surface area contributed by atoms with E-state index in [-0.39, 0.29) is 30.5 Å². The number of nitrogens with two attached hydrogens (primary N) is 1. The van der Waals surface area contributed by atoms with Gasteiger partial charge in [0.25, 0.3) is 5.91 Å². The first-order valence-corrected chi connectivity index (χ1v) is 9.40. The Bertz CT molecular complexity index is 839. The third-order valence-corrected chi connectivity index (χ3v) is 4.44. The van der Waals surface area contributed by atoms with Gasteiger partial charge in [-0.3, -0.25) is 4.79 Å². The number of ether oxygens (including phenoxy) is 1. The van der Waals surface area contributed by atoms with Gasteiger partial charge in [0.05, 0.1) is 18.1 Å². The van der Waals surface area contributed by atoms with Gasteiger partial charge in [0, 0.05) is 22.2 Å². The van der Waals surface area contributed by atoms with Crippen LogP contribution in [-0.2, 0) is 16.6 Å². The topological polar surface area (TPSA) is 124 Å². The van der Waals surface area contributed by atoms with Gasteiger partial charge in [-0.15, -0.1) is 0 Å². The Morgan fingerprint density at radius 2 is 1.88 bits per heavy atom. The Hall–Kier alpha value is -1.94. The molecule has 2 rings (SSSR count). The van der Waals surface area contributed by atoms with E-state index in [1.54, 1.807) is 18.2 Å². The van der Waals surface area contributed by atoms with Crippen LogP contribution in [-0.4, -0.2) is 36.6 Å². The number of nitrogens with zero attached hydrogens (tertiary/aromatic N) is 2. The van der Waals surface area contributed by atoms with Gasteiger partial charge >= 0.3 is 0 Å². The molecule has 0 atom stereocenters. The molecule has 11 heteroatoms. The molecule has 0 aliphatic rings. The number of primary sulfonamides is 1. The van der Waals surface area contributed by atoms with E-state index in [4.69, 9.17) is 33.1 Å². The monoisotopic (exact) mass is 404 g/mol. The van der Waals surface area contributed by atoms with Crippen molar-refractivity contribution in [2.24, 2.45) is 5.14 Å². The van der Waals surface area contributed by atoms with E-state index in [1.165, 1.54) is 12.4 Å². The van der Waals surface area contributed by atoms with Crippen LogP contribution in [0.4, 0.5) is 0 Å². The lowest BCUT2D eigenvalue weighted by molar-refractivity contribution is 0.0950. The van der Waals surface area contributed by atoms with Crippen molar-refractivity contribution < 1.29 is 17.9 Å². The third-order valence-electron chi connectivity index (χ3n) is 2.96. The normalized spacial score (nSPS) is 11.2. The Labute approximate surface area is 154 Å². The summed E-state index contributed by atoms with van der Waals surface area (Å²) >= 11 is 12.1. The molecule has 1 heterocycles. The van der Waals surface area contributed by atoms with Gasteiger partial charge in [0.1, 0.15) is 12.3 Å². The summed E-state index contributed by atoms with van der Waals surface area (Å²) < 4.78 is 27.0. The smallest absolute Gasteiger partial charge is 0.271 e. The molecule has 1 amide bonds. The number of carbonyl (C=O) groups excluding carboxylic acids is 1. The van der Waals surface area contributed by atoms with E-state index in [2.05, 4.69) is 15.3 Å². The van der Waals surface area contributed by atoms with Crippen LogP contribution in [0.5, 0.6) is 5.88 Å². The zero-order valence-corrected chi connectivity index (χ0v) is 15.1. The molecule has 134 valence electrons. The van der Waals surface area contributed by atoms with Crippen molar-refractivity contribution in [1.82, 2.24) is 15.3 Å². The molecule has 0 saturated carbocycles. The molecule has 0 aliphatic carbocycles. The fourth-order valence-electron chi connectivity index (χ4n) is 1.72.